The molecule has 0 radical (unpaired) electrons. The van der Waals surface area contributed by atoms with Crippen molar-refractivity contribution in [2.75, 3.05) is 0 Å². The Balaban J connectivity index is 3.65. The number of pyridine rings is 1. The van der Waals surface area contributed by atoms with Gasteiger partial charge in [0.1, 0.15) is 0 Å². The average Bonchev–Trinajstić information content (AvgIpc) is 2.14. The molecule has 17 heavy (non-hydrogen) atoms. The Morgan fingerprint density at radius 3 is 2.41 bits per heavy atom. The number of halogens is 3. The summed E-state index contributed by atoms with van der Waals surface area (Å²) in [5.74, 6) is 0. The molecule has 1 rings (SSSR count). The van der Waals surface area contributed by atoms with E-state index < -0.39 is 36.7 Å². The number of rotatable bonds is 3. The zero-order valence-electron chi connectivity index (χ0n) is 8.22. The molecule has 0 aliphatic rings. The van der Waals surface area contributed by atoms with Gasteiger partial charge in [0, 0.05) is 28.0 Å². The Morgan fingerprint density at radius 2 is 2.06 bits per heavy atom. The highest BCUT2D eigenvalue weighted by Crippen LogP contribution is 2.31. The molecule has 6 nitrogen and oxygen atoms in total. The summed E-state index contributed by atoms with van der Waals surface area (Å²) >= 11 is 0. The Morgan fingerprint density at radius 1 is 1.53 bits per heavy atom. The molecule has 10 heteroatoms. The summed E-state index contributed by atoms with van der Waals surface area (Å²) in [7, 11) is 0.461. The standard InChI is InChI=1S/C7H5ClF2N2O4S/c1-3-4(6(9)10)2-5(12(13)14)7(11-3)17(8,15)16/h2,6H,1H3. The van der Waals surface area contributed by atoms with Crippen molar-refractivity contribution in [3.05, 3.63) is 27.4 Å². The SMILES string of the molecule is Cc1nc(S(=O)(=O)Cl)c([N+](=O)[O-])cc1C(F)F. The topological polar surface area (TPSA) is 90.2 Å². The summed E-state index contributed by atoms with van der Waals surface area (Å²) < 4.78 is 46.9. The number of aryl methyl sites for hydroxylation is 1. The minimum absolute atomic E-state index is 0.329. The lowest BCUT2D eigenvalue weighted by atomic mass is 10.2. The third-order valence-corrected chi connectivity index (χ3v) is 3.06. The van der Waals surface area contributed by atoms with Crippen LogP contribution in [0.2, 0.25) is 0 Å². The van der Waals surface area contributed by atoms with Gasteiger partial charge in [0.05, 0.1) is 4.92 Å². The van der Waals surface area contributed by atoms with Crippen molar-refractivity contribution in [2.45, 2.75) is 18.4 Å². The Bertz CT molecular complexity index is 575. The van der Waals surface area contributed by atoms with Gasteiger partial charge >= 0.3 is 5.69 Å². The average molecular weight is 287 g/mol. The first-order chi connectivity index (χ1) is 7.64. The molecular weight excluding hydrogens is 282 g/mol. The molecule has 0 saturated heterocycles. The van der Waals surface area contributed by atoms with Crippen LogP contribution in [0.25, 0.3) is 0 Å². The van der Waals surface area contributed by atoms with Crippen LogP contribution in [0.4, 0.5) is 14.5 Å². The quantitative estimate of drug-likeness (QED) is 0.482. The van der Waals surface area contributed by atoms with Crippen LogP contribution < -0.4 is 0 Å². The summed E-state index contributed by atoms with van der Waals surface area (Å²) in [4.78, 5) is 12.7. The molecule has 0 unspecified atom stereocenters. The minimum Gasteiger partial charge on any atom is -0.258 e. The molecule has 0 saturated carbocycles. The van der Waals surface area contributed by atoms with Crippen LogP contribution in [0.5, 0.6) is 0 Å². The van der Waals surface area contributed by atoms with Gasteiger partial charge in [-0.2, -0.15) is 0 Å². The molecular formula is C7H5ClF2N2O4S. The maximum absolute atomic E-state index is 12.5. The van der Waals surface area contributed by atoms with Crippen molar-refractivity contribution < 1.29 is 22.1 Å². The first-order valence-electron chi connectivity index (χ1n) is 4.03. The number of aromatic nitrogens is 1. The van der Waals surface area contributed by atoms with Gasteiger partial charge in [0.2, 0.25) is 5.03 Å². The molecule has 0 spiro atoms. The lowest BCUT2D eigenvalue weighted by molar-refractivity contribution is -0.388. The summed E-state index contributed by atoms with van der Waals surface area (Å²) in [6.07, 6.45) is -2.99. The second kappa shape index (κ2) is 4.49. The van der Waals surface area contributed by atoms with E-state index in [0.717, 1.165) is 6.92 Å². The van der Waals surface area contributed by atoms with Crippen molar-refractivity contribution in [2.24, 2.45) is 0 Å². The lowest BCUT2D eigenvalue weighted by Gasteiger charge is -2.05. The van der Waals surface area contributed by atoms with Gasteiger partial charge in [0.25, 0.3) is 15.5 Å². The number of hydrogen-bond donors (Lipinski definition) is 0. The highest BCUT2D eigenvalue weighted by Gasteiger charge is 2.29. The van der Waals surface area contributed by atoms with E-state index in [2.05, 4.69) is 4.98 Å². The van der Waals surface area contributed by atoms with Crippen LogP contribution in [0.3, 0.4) is 0 Å². The molecule has 0 amide bonds. The number of alkyl halides is 2. The normalized spacial score (nSPS) is 11.8. The zero-order chi connectivity index (χ0) is 13.4. The monoisotopic (exact) mass is 286 g/mol. The molecule has 0 bridgehead atoms. The molecule has 0 atom stereocenters. The first kappa shape index (κ1) is 13.7. The van der Waals surface area contributed by atoms with E-state index in [1.165, 1.54) is 0 Å². The summed E-state index contributed by atoms with van der Waals surface area (Å²) in [5.41, 5.74) is -2.11. The predicted octanol–water partition coefficient (Wildman–Crippen LogP) is 2.16. The van der Waals surface area contributed by atoms with Gasteiger partial charge < -0.3 is 0 Å². The van der Waals surface area contributed by atoms with Crippen molar-refractivity contribution in [1.82, 2.24) is 4.98 Å². The Hall–Kier alpha value is -1.35. The molecule has 0 aliphatic carbocycles. The number of nitro groups is 1. The molecule has 0 aliphatic heterocycles. The first-order valence-corrected chi connectivity index (χ1v) is 6.34. The fraction of sp³-hybridized carbons (Fsp3) is 0.286. The smallest absolute Gasteiger partial charge is 0.258 e. The summed E-state index contributed by atoms with van der Waals surface area (Å²) in [5, 5.41) is 9.52. The Labute approximate surface area is 98.8 Å². The van der Waals surface area contributed by atoms with Gasteiger partial charge in [-0.3, -0.25) is 10.1 Å². The van der Waals surface area contributed by atoms with E-state index in [9.17, 15) is 27.3 Å². The minimum atomic E-state index is -4.47. The molecule has 0 fully saturated rings. The van der Waals surface area contributed by atoms with Crippen LogP contribution in [0, 0.1) is 17.0 Å². The molecule has 0 aromatic carbocycles. The van der Waals surface area contributed by atoms with E-state index >= 15 is 0 Å². The van der Waals surface area contributed by atoms with Crippen molar-refractivity contribution in [3.63, 3.8) is 0 Å². The zero-order valence-corrected chi connectivity index (χ0v) is 9.80. The van der Waals surface area contributed by atoms with Crippen molar-refractivity contribution >= 4 is 25.4 Å². The molecule has 0 N–H and O–H groups in total. The third kappa shape index (κ3) is 2.86. The largest absolute Gasteiger partial charge is 0.308 e. The van der Waals surface area contributed by atoms with E-state index in [1.807, 2.05) is 0 Å². The number of nitrogens with zero attached hydrogens (tertiary/aromatic N) is 2. The van der Waals surface area contributed by atoms with Crippen LogP contribution in [0.15, 0.2) is 11.1 Å². The Kier molecular flexibility index (Phi) is 3.62. The third-order valence-electron chi connectivity index (χ3n) is 1.86. The van der Waals surface area contributed by atoms with Crippen molar-refractivity contribution in [3.8, 4) is 0 Å². The van der Waals surface area contributed by atoms with Crippen LogP contribution >= 0.6 is 10.7 Å². The van der Waals surface area contributed by atoms with Crippen LogP contribution in [0.1, 0.15) is 17.7 Å². The molecule has 1 heterocycles. The van der Waals surface area contributed by atoms with E-state index in [1.54, 1.807) is 0 Å². The second-order valence-electron chi connectivity index (χ2n) is 2.98. The van der Waals surface area contributed by atoms with Gasteiger partial charge in [0.15, 0.2) is 0 Å². The second-order valence-corrected chi connectivity index (χ2v) is 5.46. The predicted molar refractivity (Wildman–Crippen MR) is 53.6 cm³/mol. The van der Waals surface area contributed by atoms with E-state index in [0.29, 0.717) is 6.07 Å². The number of hydrogen-bond acceptors (Lipinski definition) is 5. The lowest BCUT2D eigenvalue weighted by Crippen LogP contribution is -2.06. The van der Waals surface area contributed by atoms with Gasteiger partial charge in [-0.05, 0) is 6.92 Å². The van der Waals surface area contributed by atoms with Crippen molar-refractivity contribution in [1.29, 1.82) is 0 Å². The fourth-order valence-electron chi connectivity index (χ4n) is 1.12. The molecule has 1 aromatic rings. The van der Waals surface area contributed by atoms with E-state index in [4.69, 9.17) is 10.7 Å². The maximum atomic E-state index is 12.5. The maximum Gasteiger partial charge on any atom is 0.308 e. The van der Waals surface area contributed by atoms with Gasteiger partial charge in [-0.25, -0.2) is 22.2 Å². The van der Waals surface area contributed by atoms with Crippen LogP contribution in [-0.4, -0.2) is 18.3 Å². The fourth-order valence-corrected chi connectivity index (χ4v) is 2.09. The molecule has 1 aromatic heterocycles. The molecule has 94 valence electrons. The highest BCUT2D eigenvalue weighted by molar-refractivity contribution is 8.13. The van der Waals surface area contributed by atoms with Gasteiger partial charge in [-0.15, -0.1) is 0 Å². The summed E-state index contributed by atoms with van der Waals surface area (Å²) in [6, 6.07) is 0.461. The summed E-state index contributed by atoms with van der Waals surface area (Å²) in [6.45, 7) is 1.11. The van der Waals surface area contributed by atoms with Gasteiger partial charge in [-0.1, -0.05) is 0 Å². The van der Waals surface area contributed by atoms with Crippen LogP contribution in [-0.2, 0) is 9.05 Å². The van der Waals surface area contributed by atoms with E-state index in [-0.39, 0.29) is 5.69 Å². The highest BCUT2D eigenvalue weighted by atomic mass is 35.7.